The molecular weight excluding hydrogens is 380 g/mol. The van der Waals surface area contributed by atoms with Crippen molar-refractivity contribution in [2.45, 2.75) is 0 Å². The third kappa shape index (κ3) is 3.43. The van der Waals surface area contributed by atoms with Gasteiger partial charge in [-0.2, -0.15) is 0 Å². The number of hydrogen-bond acceptors (Lipinski definition) is 5. The Bertz CT molecular complexity index is 1200. The smallest absolute Gasteiger partial charge is 0.288 e. The quantitative estimate of drug-likeness (QED) is 0.281. The van der Waals surface area contributed by atoms with E-state index < -0.39 is 4.92 Å². The van der Waals surface area contributed by atoms with Gasteiger partial charge in [0.25, 0.3) is 5.69 Å². The summed E-state index contributed by atoms with van der Waals surface area (Å²) in [5, 5.41) is 21.3. The summed E-state index contributed by atoms with van der Waals surface area (Å²) in [7, 11) is 0. The Hall–Kier alpha value is -3.71. The summed E-state index contributed by atoms with van der Waals surface area (Å²) >= 11 is 5.82. The summed E-state index contributed by atoms with van der Waals surface area (Å²) in [5.74, 6) is 0.595. The lowest BCUT2D eigenvalue weighted by atomic mass is 10.1. The molecule has 8 heteroatoms. The van der Waals surface area contributed by atoms with Crippen molar-refractivity contribution in [3.8, 4) is 17.1 Å². The van der Waals surface area contributed by atoms with Gasteiger partial charge in [0.05, 0.1) is 27.2 Å². The first-order valence-electron chi connectivity index (χ1n) is 8.27. The molecule has 1 heterocycles. The molecule has 0 radical (unpaired) electrons. The summed E-state index contributed by atoms with van der Waals surface area (Å²) < 4.78 is 0. The molecule has 28 heavy (non-hydrogen) atoms. The molecule has 138 valence electrons. The molecule has 3 aromatic carbocycles. The van der Waals surface area contributed by atoms with Gasteiger partial charge >= 0.3 is 0 Å². The van der Waals surface area contributed by atoms with Gasteiger partial charge in [-0.1, -0.05) is 29.8 Å². The van der Waals surface area contributed by atoms with Crippen LogP contribution in [0.4, 0.5) is 11.4 Å². The zero-order chi connectivity index (χ0) is 19.7. The molecule has 0 aliphatic rings. The number of aromatic amines is 1. The highest BCUT2D eigenvalue weighted by Crippen LogP contribution is 2.32. The highest BCUT2D eigenvalue weighted by molar-refractivity contribution is 6.32. The van der Waals surface area contributed by atoms with E-state index in [0.29, 0.717) is 22.6 Å². The molecule has 0 aliphatic heterocycles. The van der Waals surface area contributed by atoms with Gasteiger partial charge in [-0.15, -0.1) is 0 Å². The number of benzene rings is 3. The van der Waals surface area contributed by atoms with E-state index in [4.69, 9.17) is 11.6 Å². The van der Waals surface area contributed by atoms with Crippen molar-refractivity contribution in [2.24, 2.45) is 4.99 Å². The first-order chi connectivity index (χ1) is 13.5. The van der Waals surface area contributed by atoms with Crippen LogP contribution in [0.25, 0.3) is 22.4 Å². The first kappa shape index (κ1) is 17.7. The lowest BCUT2D eigenvalue weighted by molar-refractivity contribution is -0.384. The minimum absolute atomic E-state index is 0.0685. The Labute approximate surface area is 164 Å². The van der Waals surface area contributed by atoms with Crippen LogP contribution in [0.2, 0.25) is 5.02 Å². The van der Waals surface area contributed by atoms with Gasteiger partial charge in [0.1, 0.15) is 16.6 Å². The number of aliphatic imine (C=N–C) groups is 1. The van der Waals surface area contributed by atoms with E-state index in [1.165, 1.54) is 24.4 Å². The molecule has 0 atom stereocenters. The second kappa shape index (κ2) is 7.13. The maximum absolute atomic E-state index is 11.0. The fraction of sp³-hybridized carbons (Fsp3) is 0. The van der Waals surface area contributed by atoms with Gasteiger partial charge in [-0.25, -0.2) is 4.98 Å². The highest BCUT2D eigenvalue weighted by Gasteiger charge is 2.12. The predicted octanol–water partition coefficient (Wildman–Crippen LogP) is 5.25. The number of nitrogens with one attached hydrogen (secondary N) is 1. The molecule has 0 saturated heterocycles. The number of imidazole rings is 1. The van der Waals surface area contributed by atoms with Crippen LogP contribution in [-0.2, 0) is 0 Å². The summed E-state index contributed by atoms with van der Waals surface area (Å²) in [5.41, 5.74) is 3.08. The van der Waals surface area contributed by atoms with Crippen LogP contribution in [0.3, 0.4) is 0 Å². The Morgan fingerprint density at radius 3 is 2.75 bits per heavy atom. The van der Waals surface area contributed by atoms with Crippen molar-refractivity contribution in [1.29, 1.82) is 0 Å². The molecule has 4 aromatic rings. The van der Waals surface area contributed by atoms with Crippen molar-refractivity contribution in [2.75, 3.05) is 0 Å². The number of nitro benzene ring substituents is 1. The standard InChI is InChI=1S/C20H13ClN4O3/c21-15-7-5-12(9-18(15)25(27)28)11-22-13-6-8-19(26)14(10-13)20-23-16-3-1-2-4-17(16)24-20/h1-11,26H,(H,23,24). The van der Waals surface area contributed by atoms with Gasteiger partial charge in [0.15, 0.2) is 0 Å². The number of phenolic OH excluding ortho intramolecular Hbond substituents is 1. The molecule has 0 spiro atoms. The number of aromatic hydroxyl groups is 1. The van der Waals surface area contributed by atoms with E-state index >= 15 is 0 Å². The topological polar surface area (TPSA) is 104 Å². The molecule has 1 aromatic heterocycles. The molecule has 2 N–H and O–H groups in total. The maximum atomic E-state index is 11.0. The van der Waals surface area contributed by atoms with Crippen LogP contribution >= 0.6 is 11.6 Å². The normalized spacial score (nSPS) is 11.3. The zero-order valence-electron chi connectivity index (χ0n) is 14.3. The van der Waals surface area contributed by atoms with Crippen molar-refractivity contribution in [3.63, 3.8) is 0 Å². The first-order valence-corrected chi connectivity index (χ1v) is 8.65. The van der Waals surface area contributed by atoms with Crippen LogP contribution in [0.15, 0.2) is 65.7 Å². The van der Waals surface area contributed by atoms with E-state index in [9.17, 15) is 15.2 Å². The number of nitro groups is 1. The fourth-order valence-electron chi connectivity index (χ4n) is 2.77. The molecule has 0 fully saturated rings. The van der Waals surface area contributed by atoms with Gasteiger partial charge in [-0.3, -0.25) is 15.1 Å². The second-order valence-corrected chi connectivity index (χ2v) is 6.44. The molecule has 0 bridgehead atoms. The average Bonchev–Trinajstić information content (AvgIpc) is 3.12. The number of phenols is 1. The Morgan fingerprint density at radius 1 is 1.14 bits per heavy atom. The van der Waals surface area contributed by atoms with E-state index in [2.05, 4.69) is 15.0 Å². The van der Waals surface area contributed by atoms with Gasteiger partial charge < -0.3 is 10.1 Å². The number of para-hydroxylation sites is 2. The van der Waals surface area contributed by atoms with Crippen LogP contribution in [-0.4, -0.2) is 26.2 Å². The zero-order valence-corrected chi connectivity index (χ0v) is 15.1. The number of H-pyrrole nitrogens is 1. The minimum Gasteiger partial charge on any atom is -0.507 e. The number of rotatable bonds is 4. The van der Waals surface area contributed by atoms with Crippen LogP contribution in [0, 0.1) is 10.1 Å². The van der Waals surface area contributed by atoms with Crippen LogP contribution in [0.5, 0.6) is 5.75 Å². The van der Waals surface area contributed by atoms with Gasteiger partial charge in [-0.05, 0) is 42.0 Å². The molecule has 7 nitrogen and oxygen atoms in total. The summed E-state index contributed by atoms with van der Waals surface area (Å²) in [4.78, 5) is 22.5. The number of nitrogens with zero attached hydrogens (tertiary/aromatic N) is 3. The monoisotopic (exact) mass is 392 g/mol. The van der Waals surface area contributed by atoms with Gasteiger partial charge in [0, 0.05) is 12.3 Å². The molecule has 0 aliphatic carbocycles. The third-order valence-electron chi connectivity index (χ3n) is 4.15. The minimum atomic E-state index is -0.542. The van der Waals surface area contributed by atoms with Crippen molar-refractivity contribution in [1.82, 2.24) is 9.97 Å². The lowest BCUT2D eigenvalue weighted by Crippen LogP contribution is -1.91. The molecule has 4 rings (SSSR count). The fourth-order valence-corrected chi connectivity index (χ4v) is 2.96. The van der Waals surface area contributed by atoms with Crippen molar-refractivity contribution in [3.05, 3.63) is 81.4 Å². The Morgan fingerprint density at radius 2 is 1.96 bits per heavy atom. The second-order valence-electron chi connectivity index (χ2n) is 6.03. The van der Waals surface area contributed by atoms with Gasteiger partial charge in [0.2, 0.25) is 0 Å². The van der Waals surface area contributed by atoms with E-state index in [1.807, 2.05) is 24.3 Å². The Kier molecular flexibility index (Phi) is 4.50. The van der Waals surface area contributed by atoms with E-state index in [-0.39, 0.29) is 16.5 Å². The van der Waals surface area contributed by atoms with E-state index in [1.54, 1.807) is 18.2 Å². The molecule has 0 amide bonds. The average molecular weight is 393 g/mol. The summed E-state index contributed by atoms with van der Waals surface area (Å²) in [6.45, 7) is 0. The number of aromatic nitrogens is 2. The number of halogens is 1. The van der Waals surface area contributed by atoms with Crippen molar-refractivity contribution < 1.29 is 10.0 Å². The Balaban J connectivity index is 1.68. The molecule has 0 saturated carbocycles. The highest BCUT2D eigenvalue weighted by atomic mass is 35.5. The number of hydrogen-bond donors (Lipinski definition) is 2. The SMILES string of the molecule is O=[N+]([O-])c1cc(C=Nc2ccc(O)c(-c3nc4ccccc4[nH]3)c2)ccc1Cl. The number of fused-ring (bicyclic) bond motifs is 1. The van der Waals surface area contributed by atoms with Crippen LogP contribution in [0.1, 0.15) is 5.56 Å². The van der Waals surface area contributed by atoms with E-state index in [0.717, 1.165) is 11.0 Å². The van der Waals surface area contributed by atoms with Crippen LogP contribution < -0.4 is 0 Å². The maximum Gasteiger partial charge on any atom is 0.288 e. The van der Waals surface area contributed by atoms with Crippen molar-refractivity contribution >= 4 is 40.2 Å². The third-order valence-corrected chi connectivity index (χ3v) is 4.47. The predicted molar refractivity (Wildman–Crippen MR) is 109 cm³/mol. The molecular formula is C20H13ClN4O3. The molecule has 0 unspecified atom stereocenters. The lowest BCUT2D eigenvalue weighted by Gasteiger charge is -2.03. The summed E-state index contributed by atoms with van der Waals surface area (Å²) in [6, 6.07) is 16.9. The summed E-state index contributed by atoms with van der Waals surface area (Å²) in [6.07, 6.45) is 1.50. The largest absolute Gasteiger partial charge is 0.507 e.